The van der Waals surface area contributed by atoms with E-state index in [2.05, 4.69) is 0 Å². The number of aromatic nitrogens is 2. The van der Waals surface area contributed by atoms with E-state index >= 15 is 0 Å². The summed E-state index contributed by atoms with van der Waals surface area (Å²) < 4.78 is 259. The lowest BCUT2D eigenvalue weighted by molar-refractivity contribution is 1.18. The molecule has 0 aliphatic heterocycles. The number of fused-ring (bicyclic) bond motifs is 9. The van der Waals surface area contributed by atoms with Crippen LogP contribution in [0.25, 0.3) is 120 Å². The van der Waals surface area contributed by atoms with Gasteiger partial charge in [0.25, 0.3) is 0 Å². The highest BCUT2D eigenvalue weighted by Gasteiger charge is 2.20. The monoisotopic (exact) mass is 846 g/mol. The van der Waals surface area contributed by atoms with Crippen molar-refractivity contribution in [1.82, 2.24) is 9.13 Å². The van der Waals surface area contributed by atoms with E-state index in [4.69, 9.17) is 17.8 Å². The molecule has 0 N–H and O–H groups in total. The lowest BCUT2D eigenvalue weighted by Gasteiger charge is -2.11. The van der Waals surface area contributed by atoms with Gasteiger partial charge in [0.1, 0.15) is 0 Å². The maximum Gasteiger partial charge on any atom is 0.0645 e. The van der Waals surface area contributed by atoms with Gasteiger partial charge in [0, 0.05) is 42.7 Å². The second-order valence-corrected chi connectivity index (χ2v) is 15.3. The van der Waals surface area contributed by atoms with Crippen molar-refractivity contribution >= 4 is 75.1 Å². The van der Waals surface area contributed by atoms with Gasteiger partial charge in [0.2, 0.25) is 0 Å². The van der Waals surface area contributed by atoms with Gasteiger partial charge < -0.3 is 9.13 Å². The molecule has 3 heteroatoms. The van der Waals surface area contributed by atoms with Crippen LogP contribution in [-0.4, -0.2) is 9.13 Å². The smallest absolute Gasteiger partial charge is 0.0645 e. The van der Waals surface area contributed by atoms with Gasteiger partial charge in [0.05, 0.1) is 70.8 Å². The van der Waals surface area contributed by atoms with Crippen molar-refractivity contribution < 1.29 is 38.4 Å². The maximum absolute atomic E-state index is 10.1. The molecule has 10 aromatic carbocycles. The van der Waals surface area contributed by atoms with Crippen LogP contribution in [0.15, 0.2) is 230 Å². The zero-order valence-electron chi connectivity index (χ0n) is 60.1. The van der Waals surface area contributed by atoms with Crippen molar-refractivity contribution in [3.63, 3.8) is 0 Å². The van der Waals surface area contributed by atoms with Gasteiger partial charge in [-0.1, -0.05) is 163 Å². The first-order valence-corrected chi connectivity index (χ1v) is 20.1. The molecule has 0 spiro atoms. The first kappa shape index (κ1) is 17.8. The average molecular weight is 847 g/mol. The zero-order valence-corrected chi connectivity index (χ0v) is 32.9. The predicted octanol–water partition coefficient (Wildman–Crippen LogP) is 16.9. The summed E-state index contributed by atoms with van der Waals surface area (Å²) in [5, 5.41) is -1.83. The second kappa shape index (κ2) is 14.3. The number of benzene rings is 10. The largest absolute Gasteiger partial charge is 0.309 e. The van der Waals surface area contributed by atoms with Gasteiger partial charge in [0.15, 0.2) is 0 Å². The Kier molecular flexibility index (Phi) is 4.04. The summed E-state index contributed by atoms with van der Waals surface area (Å²) in [7, 11) is 0. The fourth-order valence-corrected chi connectivity index (χ4v) is 9.12. The highest BCUT2D eigenvalue weighted by Crippen LogP contribution is 2.45. The lowest BCUT2D eigenvalue weighted by Crippen LogP contribution is -1.94. The third-order valence-electron chi connectivity index (χ3n) is 10.8. The van der Waals surface area contributed by atoms with Crippen molar-refractivity contribution in [2.45, 2.75) is 0 Å². The minimum Gasteiger partial charge on any atom is -0.309 e. The molecule has 0 bridgehead atoms. The van der Waals surface area contributed by atoms with Gasteiger partial charge in [-0.3, -0.25) is 0 Å². The highest BCUT2D eigenvalue weighted by molar-refractivity contribution is 7.26. The Morgan fingerprint density at radius 3 is 1.76 bits per heavy atom. The van der Waals surface area contributed by atoms with Crippen molar-refractivity contribution in [3.8, 4) is 55.9 Å². The summed E-state index contributed by atoms with van der Waals surface area (Å²) in [5.41, 5.74) is -4.11. The van der Waals surface area contributed by atoms with Gasteiger partial charge in [-0.2, -0.15) is 0 Å². The summed E-state index contributed by atoms with van der Waals surface area (Å²) in [5.74, 6) is 0. The molecule has 0 saturated carbocycles. The minimum absolute atomic E-state index is 0.0897. The molecule has 63 heavy (non-hydrogen) atoms. The summed E-state index contributed by atoms with van der Waals surface area (Å²) in [6.45, 7) is 0. The van der Waals surface area contributed by atoms with E-state index in [-0.39, 0.29) is 87.1 Å². The minimum atomic E-state index is -0.879. The zero-order chi connectivity index (χ0) is 65.8. The van der Waals surface area contributed by atoms with Crippen LogP contribution in [0.1, 0.15) is 38.4 Å². The van der Waals surface area contributed by atoms with Crippen LogP contribution in [0, 0.1) is 0 Å². The molecular formula is C60H38N2S. The van der Waals surface area contributed by atoms with E-state index in [1.807, 2.05) is 0 Å². The second-order valence-electron chi connectivity index (χ2n) is 14.3. The number of para-hydroxylation sites is 3. The summed E-state index contributed by atoms with van der Waals surface area (Å²) in [6.07, 6.45) is 0. The van der Waals surface area contributed by atoms with Crippen LogP contribution >= 0.6 is 11.3 Å². The molecule has 294 valence electrons. The lowest BCUT2D eigenvalue weighted by atomic mass is 9.95. The van der Waals surface area contributed by atoms with Crippen LogP contribution in [-0.2, 0) is 0 Å². The van der Waals surface area contributed by atoms with E-state index in [0.717, 1.165) is 28.8 Å². The fraction of sp³-hybridized carbons (Fsp3) is 0. The third-order valence-corrected chi connectivity index (χ3v) is 11.9. The molecule has 0 aliphatic carbocycles. The van der Waals surface area contributed by atoms with E-state index < -0.39 is 196 Å². The standard InChI is InChI=1S/C60H38N2S/c1-3-14-39(15-4-1)42-16-11-17-43(36-42)40-28-30-41(31-29-40)47-22-13-27-58-59(47)50-23-12-26-57(60(50)63-58)62-54-25-10-8-21-49(54)52-38-45(33-35-56(52)62)44-32-34-55-51(37-44)48-20-7-9-24-53(48)61(55)46-18-5-2-6-19-46/h1-38H/i1D,3D,7D,8D,9D,10D,12D,13D,14D,15D,16D,17D,20D,21D,22D,23D,24D,25D,27D,28D,29D,30D,32D,33D,34D,35D,37D,38D. The van der Waals surface area contributed by atoms with E-state index in [1.54, 1.807) is 30.3 Å². The van der Waals surface area contributed by atoms with Crippen LogP contribution in [0.3, 0.4) is 0 Å². The molecule has 3 heterocycles. The summed E-state index contributed by atoms with van der Waals surface area (Å²) in [4.78, 5) is 0. The molecule has 0 amide bonds. The van der Waals surface area contributed by atoms with Crippen LogP contribution in [0.5, 0.6) is 0 Å². The Balaban J connectivity index is 1.11. The van der Waals surface area contributed by atoms with Gasteiger partial charge in [-0.15, -0.1) is 11.3 Å². The molecule has 13 aromatic rings. The topological polar surface area (TPSA) is 9.86 Å². The number of hydrogen-bond donors (Lipinski definition) is 0. The average Bonchev–Trinajstić information content (AvgIpc) is 1.56. The SMILES string of the molecule is [2H]c1cc([2H])c(-c2c([2H])cc(-c3c([2H])c([2H])c([2H])c4sc5c(-n6c7c([2H])c([2H])c([2H])c([2H])c7c7c([2H])c(-c8c([2H])c([2H])c9c(c8[2H])c8c([2H])c([2H])c([2H])c([2H])c8n9-c8ccccc8)c([2H])c([2H])c76)cc([2H])c([2H])c5c34)c([2H])c2[2H])cc1-c1c([2H])cc([2H])c([2H])c1[2H]. The number of hydrogen-bond acceptors (Lipinski definition) is 1. The Hall–Kier alpha value is -7.98. The van der Waals surface area contributed by atoms with E-state index in [9.17, 15) is 20.6 Å². The van der Waals surface area contributed by atoms with Crippen molar-refractivity contribution in [2.24, 2.45) is 0 Å². The molecule has 0 fully saturated rings. The maximum atomic E-state index is 10.1. The van der Waals surface area contributed by atoms with Gasteiger partial charge in [-0.25, -0.2) is 0 Å². The first-order chi connectivity index (χ1) is 42.9. The molecule has 0 radical (unpaired) electrons. The molecule has 0 saturated heterocycles. The number of thiophene rings is 1. The molecule has 3 aromatic heterocycles. The first-order valence-electron chi connectivity index (χ1n) is 33.3. The van der Waals surface area contributed by atoms with Crippen molar-refractivity contribution in [2.75, 3.05) is 0 Å². The molecular weight excluding hydrogens is 781 g/mol. The molecule has 0 aliphatic rings. The molecule has 0 atom stereocenters. The Morgan fingerprint density at radius 1 is 0.365 bits per heavy atom. The Morgan fingerprint density at radius 2 is 0.984 bits per heavy atom. The van der Waals surface area contributed by atoms with Crippen LogP contribution in [0.4, 0.5) is 0 Å². The van der Waals surface area contributed by atoms with Gasteiger partial charge >= 0.3 is 0 Å². The summed E-state index contributed by atoms with van der Waals surface area (Å²) in [6, 6.07) is -4.65. The molecule has 13 rings (SSSR count). The number of nitrogens with zero attached hydrogens (tertiary/aromatic N) is 2. The molecule has 0 unspecified atom stereocenters. The highest BCUT2D eigenvalue weighted by atomic mass is 32.1. The molecule has 2 nitrogen and oxygen atoms in total. The van der Waals surface area contributed by atoms with E-state index in [0.29, 0.717) is 17.0 Å². The van der Waals surface area contributed by atoms with Crippen molar-refractivity contribution in [1.29, 1.82) is 0 Å². The van der Waals surface area contributed by atoms with E-state index in [1.165, 1.54) is 10.6 Å². The normalized spacial score (nSPS) is 18.0. The van der Waals surface area contributed by atoms with Crippen LogP contribution < -0.4 is 0 Å². The van der Waals surface area contributed by atoms with Crippen molar-refractivity contribution in [3.05, 3.63) is 230 Å². The van der Waals surface area contributed by atoms with Gasteiger partial charge in [-0.05, 0) is 111 Å². The number of rotatable bonds is 6. The third kappa shape index (κ3) is 5.71. The quantitative estimate of drug-likeness (QED) is 0.158. The Labute approximate surface area is 408 Å². The predicted molar refractivity (Wildman–Crippen MR) is 270 cm³/mol. The Bertz CT molecular complexity index is 5570. The van der Waals surface area contributed by atoms with Crippen LogP contribution in [0.2, 0.25) is 0 Å². The summed E-state index contributed by atoms with van der Waals surface area (Å²) >= 11 is 0.708. The fourth-order valence-electron chi connectivity index (χ4n) is 7.99.